The van der Waals surface area contributed by atoms with Crippen molar-refractivity contribution < 1.29 is 4.79 Å². The molecule has 0 spiro atoms. The van der Waals surface area contributed by atoms with Crippen LogP contribution in [0.1, 0.15) is 37.2 Å². The highest BCUT2D eigenvalue weighted by Gasteiger charge is 2.35. The quantitative estimate of drug-likeness (QED) is 0.427. The van der Waals surface area contributed by atoms with Crippen LogP contribution in [0.5, 0.6) is 0 Å². The van der Waals surface area contributed by atoms with Gasteiger partial charge in [-0.1, -0.05) is 6.07 Å². The lowest BCUT2D eigenvalue weighted by atomic mass is 10.1. The van der Waals surface area contributed by atoms with E-state index in [1.807, 2.05) is 36.2 Å². The van der Waals surface area contributed by atoms with Gasteiger partial charge in [0.25, 0.3) is 0 Å². The van der Waals surface area contributed by atoms with Crippen LogP contribution in [0, 0.1) is 12.8 Å². The second-order valence-electron chi connectivity index (χ2n) is 9.72. The number of carbonyl (C=O) groups excluding carboxylic acids is 1. The van der Waals surface area contributed by atoms with E-state index in [9.17, 15) is 4.79 Å². The third-order valence-corrected chi connectivity index (χ3v) is 7.17. The number of rotatable bonds is 6. The van der Waals surface area contributed by atoms with Crippen molar-refractivity contribution in [2.45, 2.75) is 32.7 Å². The van der Waals surface area contributed by atoms with E-state index in [0.29, 0.717) is 17.8 Å². The highest BCUT2D eigenvalue weighted by atomic mass is 16.2. The van der Waals surface area contributed by atoms with E-state index >= 15 is 0 Å². The Morgan fingerprint density at radius 2 is 1.83 bits per heavy atom. The smallest absolute Gasteiger partial charge is 0.225 e. The zero-order chi connectivity index (χ0) is 24.6. The average Bonchev–Trinajstić information content (AvgIpc) is 3.68. The molecule has 1 unspecified atom stereocenters. The Labute approximate surface area is 210 Å². The number of nitrogens with zero attached hydrogens (tertiary/aromatic N) is 6. The van der Waals surface area contributed by atoms with Crippen LogP contribution in [0.2, 0.25) is 0 Å². The zero-order valence-corrected chi connectivity index (χ0v) is 20.6. The van der Waals surface area contributed by atoms with Gasteiger partial charge >= 0.3 is 0 Å². The van der Waals surface area contributed by atoms with Gasteiger partial charge in [0.05, 0.1) is 16.7 Å². The number of fused-ring (bicyclic) bond motifs is 1. The third-order valence-electron chi connectivity index (χ3n) is 7.17. The molecule has 2 N–H and O–H groups in total. The molecule has 2 aliphatic rings. The lowest BCUT2D eigenvalue weighted by Crippen LogP contribution is -2.49. The van der Waals surface area contributed by atoms with Gasteiger partial charge in [-0.3, -0.25) is 9.69 Å². The fraction of sp³-hybridized carbons (Fsp3) is 0.370. The van der Waals surface area contributed by atoms with Gasteiger partial charge < -0.3 is 15.2 Å². The maximum atomic E-state index is 12.4. The molecule has 6 rings (SSSR count). The molecule has 9 heteroatoms. The summed E-state index contributed by atoms with van der Waals surface area (Å²) >= 11 is 0. The van der Waals surface area contributed by atoms with E-state index in [1.165, 1.54) is 5.56 Å². The Bertz CT molecular complexity index is 1400. The van der Waals surface area contributed by atoms with Crippen molar-refractivity contribution >= 4 is 28.7 Å². The summed E-state index contributed by atoms with van der Waals surface area (Å²) in [6.07, 6.45) is 5.74. The van der Waals surface area contributed by atoms with Crippen molar-refractivity contribution in [2.24, 2.45) is 5.92 Å². The second kappa shape index (κ2) is 9.31. The third kappa shape index (κ3) is 4.66. The highest BCUT2D eigenvalue weighted by molar-refractivity contribution is 5.83. The van der Waals surface area contributed by atoms with Crippen LogP contribution >= 0.6 is 0 Å². The predicted molar refractivity (Wildman–Crippen MR) is 139 cm³/mol. The summed E-state index contributed by atoms with van der Waals surface area (Å²) in [7, 11) is 0. The highest BCUT2D eigenvalue weighted by Crippen LogP contribution is 2.32. The summed E-state index contributed by atoms with van der Waals surface area (Å²) in [6.45, 7) is 7.51. The van der Waals surface area contributed by atoms with Crippen LogP contribution in [-0.4, -0.2) is 66.8 Å². The largest absolute Gasteiger partial charge is 0.340 e. The topological polar surface area (TPSA) is 103 Å². The normalized spacial score (nSPS) is 17.3. The molecule has 184 valence electrons. The lowest BCUT2D eigenvalue weighted by molar-refractivity contribution is -0.134. The van der Waals surface area contributed by atoms with Crippen LogP contribution in [0.4, 0.5) is 11.8 Å². The van der Waals surface area contributed by atoms with E-state index in [2.05, 4.69) is 60.3 Å². The molecule has 3 aromatic heterocycles. The summed E-state index contributed by atoms with van der Waals surface area (Å²) in [6, 6.07) is 12.3. The summed E-state index contributed by atoms with van der Waals surface area (Å²) < 4.78 is 0. The number of benzene rings is 1. The Morgan fingerprint density at radius 3 is 2.61 bits per heavy atom. The number of pyridine rings is 1. The number of aromatic nitrogens is 5. The minimum atomic E-state index is 0.237. The molecule has 1 aliphatic carbocycles. The van der Waals surface area contributed by atoms with Crippen molar-refractivity contribution in [3.05, 3.63) is 60.2 Å². The monoisotopic (exact) mass is 482 g/mol. The molecule has 4 aromatic rings. The number of nitrogens with one attached hydrogen (secondary N) is 2. The van der Waals surface area contributed by atoms with Crippen molar-refractivity contribution in [3.8, 4) is 11.3 Å². The second-order valence-corrected chi connectivity index (χ2v) is 9.72. The minimum Gasteiger partial charge on any atom is -0.340 e. The summed E-state index contributed by atoms with van der Waals surface area (Å²) in [5.41, 5.74) is 4.88. The number of aryl methyl sites for hydroxylation is 1. The van der Waals surface area contributed by atoms with Gasteiger partial charge in [0.1, 0.15) is 11.6 Å². The lowest BCUT2D eigenvalue weighted by Gasteiger charge is -2.38. The molecule has 1 aromatic carbocycles. The van der Waals surface area contributed by atoms with E-state index in [4.69, 9.17) is 0 Å². The Morgan fingerprint density at radius 1 is 1.03 bits per heavy atom. The number of imidazole rings is 1. The van der Waals surface area contributed by atoms with E-state index < -0.39 is 0 Å². The molecule has 1 atom stereocenters. The number of H-pyrrole nitrogens is 1. The number of hydrogen-bond acceptors (Lipinski definition) is 7. The Hall–Kier alpha value is -3.85. The first-order valence-electron chi connectivity index (χ1n) is 12.6. The molecule has 0 radical (unpaired) electrons. The minimum absolute atomic E-state index is 0.237. The summed E-state index contributed by atoms with van der Waals surface area (Å²) in [4.78, 5) is 38.1. The number of amides is 1. The van der Waals surface area contributed by atoms with Gasteiger partial charge in [-0.25, -0.2) is 19.9 Å². The molecule has 0 bridgehead atoms. The number of carbonyl (C=O) groups is 1. The molecule has 1 aliphatic heterocycles. The first kappa shape index (κ1) is 22.6. The maximum absolute atomic E-state index is 12.4. The number of hydrogen-bond donors (Lipinski definition) is 2. The summed E-state index contributed by atoms with van der Waals surface area (Å²) in [5.74, 6) is 2.78. The van der Waals surface area contributed by atoms with Crippen LogP contribution in [0.3, 0.4) is 0 Å². The SMILES string of the molecule is Cc1nccc(-c2ccc3nc(Nc4cc(C(C)N5CCN(C(=O)C6CC6)CC5)ccn4)[nH]c3c2)n1. The average molecular weight is 483 g/mol. The van der Waals surface area contributed by atoms with Crippen molar-refractivity contribution in [2.75, 3.05) is 31.5 Å². The van der Waals surface area contributed by atoms with Crippen LogP contribution in [0.15, 0.2) is 48.8 Å². The first-order chi connectivity index (χ1) is 17.5. The first-order valence-corrected chi connectivity index (χ1v) is 12.6. The maximum Gasteiger partial charge on any atom is 0.225 e. The number of piperazine rings is 1. The van der Waals surface area contributed by atoms with Crippen molar-refractivity contribution in [1.82, 2.24) is 34.7 Å². The van der Waals surface area contributed by atoms with Crippen molar-refractivity contribution in [3.63, 3.8) is 0 Å². The van der Waals surface area contributed by atoms with Crippen LogP contribution in [-0.2, 0) is 4.79 Å². The molecule has 1 saturated carbocycles. The molecule has 36 heavy (non-hydrogen) atoms. The fourth-order valence-corrected chi connectivity index (χ4v) is 4.87. The zero-order valence-electron chi connectivity index (χ0n) is 20.6. The van der Waals surface area contributed by atoms with Crippen molar-refractivity contribution in [1.29, 1.82) is 0 Å². The van der Waals surface area contributed by atoms with Crippen LogP contribution in [0.25, 0.3) is 22.3 Å². The standard InChI is InChI=1S/C27H30N8O/c1-17(34-11-13-35(14-12-34)26(36)19-3-4-19)20-7-9-29-25(16-20)33-27-31-23-6-5-21(15-24(23)32-27)22-8-10-28-18(2)30-22/h5-10,15-17,19H,3-4,11-14H2,1-2H3,(H2,29,31,32,33). The molecule has 4 heterocycles. The number of aromatic amines is 1. The van der Waals surface area contributed by atoms with Gasteiger partial charge in [0, 0.05) is 56.1 Å². The Kier molecular flexibility index (Phi) is 5.85. The van der Waals surface area contributed by atoms with Gasteiger partial charge in [-0.2, -0.15) is 0 Å². The molecule has 2 fully saturated rings. The molecular weight excluding hydrogens is 452 g/mol. The van der Waals surface area contributed by atoms with E-state index in [0.717, 1.165) is 73.0 Å². The molecule has 1 saturated heterocycles. The number of anilines is 2. The molecule has 9 nitrogen and oxygen atoms in total. The van der Waals surface area contributed by atoms with E-state index in [-0.39, 0.29) is 6.04 Å². The van der Waals surface area contributed by atoms with Gasteiger partial charge in [-0.05, 0) is 62.6 Å². The predicted octanol–water partition coefficient (Wildman–Crippen LogP) is 4.08. The Balaban J connectivity index is 1.14. The summed E-state index contributed by atoms with van der Waals surface area (Å²) in [5, 5.41) is 3.33. The van der Waals surface area contributed by atoms with Gasteiger partial charge in [0.15, 0.2) is 0 Å². The van der Waals surface area contributed by atoms with Crippen LogP contribution < -0.4 is 5.32 Å². The molecular formula is C27H30N8O. The van der Waals surface area contributed by atoms with E-state index in [1.54, 1.807) is 6.20 Å². The molecule has 1 amide bonds. The fourth-order valence-electron chi connectivity index (χ4n) is 4.87. The van der Waals surface area contributed by atoms with Gasteiger partial charge in [0.2, 0.25) is 11.9 Å². The van der Waals surface area contributed by atoms with Gasteiger partial charge in [-0.15, -0.1) is 0 Å².